The van der Waals surface area contributed by atoms with Gasteiger partial charge in [-0.2, -0.15) is 0 Å². The fourth-order valence-electron chi connectivity index (χ4n) is 1.62. The molecule has 0 spiro atoms. The Labute approximate surface area is 113 Å². The quantitative estimate of drug-likeness (QED) is 0.814. The average molecular weight is 310 g/mol. The summed E-state index contributed by atoms with van der Waals surface area (Å²) in [5.41, 5.74) is 1.85. The Balaban J connectivity index is 2.17. The number of hydrogen-bond acceptors (Lipinski definition) is 4. The Morgan fingerprint density at radius 3 is 2.78 bits per heavy atom. The SMILES string of the molecule is COC(=O)CCc1cnoc1-c1ccc(Br)cc1. The molecule has 0 radical (unpaired) electrons. The van der Waals surface area contributed by atoms with Crippen molar-refractivity contribution in [2.24, 2.45) is 0 Å². The zero-order valence-corrected chi connectivity index (χ0v) is 11.4. The van der Waals surface area contributed by atoms with E-state index >= 15 is 0 Å². The molecular formula is C13H12BrNO3. The first kappa shape index (κ1) is 12.8. The van der Waals surface area contributed by atoms with Crippen LogP contribution in [0.15, 0.2) is 39.5 Å². The maximum absolute atomic E-state index is 11.1. The molecule has 0 bridgehead atoms. The van der Waals surface area contributed by atoms with E-state index in [0.29, 0.717) is 18.6 Å². The number of esters is 1. The number of aromatic nitrogens is 1. The highest BCUT2D eigenvalue weighted by atomic mass is 79.9. The molecule has 1 heterocycles. The van der Waals surface area contributed by atoms with Crippen molar-refractivity contribution >= 4 is 21.9 Å². The Hall–Kier alpha value is -1.62. The lowest BCUT2D eigenvalue weighted by Gasteiger charge is -2.01. The second-order valence-corrected chi connectivity index (χ2v) is 4.68. The second kappa shape index (κ2) is 5.82. The molecule has 0 aliphatic heterocycles. The molecule has 1 aromatic carbocycles. The minimum atomic E-state index is -0.238. The van der Waals surface area contributed by atoms with Gasteiger partial charge < -0.3 is 9.26 Å². The van der Waals surface area contributed by atoms with Gasteiger partial charge in [0, 0.05) is 22.0 Å². The topological polar surface area (TPSA) is 52.3 Å². The zero-order chi connectivity index (χ0) is 13.0. The van der Waals surface area contributed by atoms with E-state index in [1.165, 1.54) is 7.11 Å². The smallest absolute Gasteiger partial charge is 0.305 e. The molecule has 2 aromatic rings. The first-order chi connectivity index (χ1) is 8.70. The second-order valence-electron chi connectivity index (χ2n) is 3.76. The van der Waals surface area contributed by atoms with Crippen LogP contribution in [0.2, 0.25) is 0 Å². The van der Waals surface area contributed by atoms with Crippen molar-refractivity contribution in [1.29, 1.82) is 0 Å². The van der Waals surface area contributed by atoms with Crippen LogP contribution in [0, 0.1) is 0 Å². The Bertz CT molecular complexity index is 533. The molecule has 0 saturated heterocycles. The van der Waals surface area contributed by atoms with Gasteiger partial charge in [-0.3, -0.25) is 4.79 Å². The maximum Gasteiger partial charge on any atom is 0.305 e. The molecule has 0 amide bonds. The number of benzene rings is 1. The molecular weight excluding hydrogens is 298 g/mol. The van der Waals surface area contributed by atoms with Gasteiger partial charge in [-0.15, -0.1) is 0 Å². The summed E-state index contributed by atoms with van der Waals surface area (Å²) in [6, 6.07) is 7.74. The van der Waals surface area contributed by atoms with Crippen molar-refractivity contribution in [3.8, 4) is 11.3 Å². The summed E-state index contributed by atoms with van der Waals surface area (Å²) >= 11 is 3.38. The standard InChI is InChI=1S/C13H12BrNO3/c1-17-12(16)7-4-10-8-15-18-13(10)9-2-5-11(14)6-3-9/h2-3,5-6,8H,4,7H2,1H3. The molecule has 0 fully saturated rings. The van der Waals surface area contributed by atoms with Crippen LogP contribution in [0.4, 0.5) is 0 Å². The molecule has 0 unspecified atom stereocenters. The van der Waals surface area contributed by atoms with E-state index in [1.807, 2.05) is 24.3 Å². The molecule has 0 aliphatic rings. The van der Waals surface area contributed by atoms with E-state index in [1.54, 1.807) is 6.20 Å². The Kier molecular flexibility index (Phi) is 4.15. The van der Waals surface area contributed by atoms with E-state index in [4.69, 9.17) is 4.52 Å². The summed E-state index contributed by atoms with van der Waals surface area (Å²) in [5, 5.41) is 3.79. The predicted molar refractivity (Wildman–Crippen MR) is 70.0 cm³/mol. The number of carbonyl (C=O) groups is 1. The number of ether oxygens (including phenoxy) is 1. The van der Waals surface area contributed by atoms with Crippen molar-refractivity contribution in [3.05, 3.63) is 40.5 Å². The van der Waals surface area contributed by atoms with Crippen LogP contribution >= 0.6 is 15.9 Å². The van der Waals surface area contributed by atoms with Crippen LogP contribution < -0.4 is 0 Å². The van der Waals surface area contributed by atoms with Gasteiger partial charge in [-0.25, -0.2) is 0 Å². The van der Waals surface area contributed by atoms with Crippen LogP contribution in [0.1, 0.15) is 12.0 Å². The molecule has 94 valence electrons. The summed E-state index contributed by atoms with van der Waals surface area (Å²) in [7, 11) is 1.38. The first-order valence-corrected chi connectivity index (χ1v) is 6.26. The number of aryl methyl sites for hydroxylation is 1. The summed E-state index contributed by atoms with van der Waals surface area (Å²) in [6.07, 6.45) is 2.52. The third kappa shape index (κ3) is 2.98. The van der Waals surface area contributed by atoms with Crippen LogP contribution in [0.5, 0.6) is 0 Å². The Morgan fingerprint density at radius 2 is 2.11 bits per heavy atom. The number of nitrogens with zero attached hydrogens (tertiary/aromatic N) is 1. The van der Waals surface area contributed by atoms with Crippen molar-refractivity contribution in [2.45, 2.75) is 12.8 Å². The molecule has 18 heavy (non-hydrogen) atoms. The maximum atomic E-state index is 11.1. The van der Waals surface area contributed by atoms with Gasteiger partial charge in [-0.1, -0.05) is 33.2 Å². The summed E-state index contributed by atoms with van der Waals surface area (Å²) in [4.78, 5) is 11.1. The van der Waals surface area contributed by atoms with Crippen molar-refractivity contribution in [1.82, 2.24) is 5.16 Å². The zero-order valence-electron chi connectivity index (χ0n) is 9.85. The molecule has 0 saturated carbocycles. The number of rotatable bonds is 4. The minimum absolute atomic E-state index is 0.238. The van der Waals surface area contributed by atoms with Crippen molar-refractivity contribution in [3.63, 3.8) is 0 Å². The van der Waals surface area contributed by atoms with E-state index in [2.05, 4.69) is 25.8 Å². The lowest BCUT2D eigenvalue weighted by Crippen LogP contribution is -2.01. The first-order valence-electron chi connectivity index (χ1n) is 5.47. The highest BCUT2D eigenvalue weighted by Gasteiger charge is 2.12. The van der Waals surface area contributed by atoms with Gasteiger partial charge in [0.2, 0.25) is 0 Å². The minimum Gasteiger partial charge on any atom is -0.469 e. The summed E-state index contributed by atoms with van der Waals surface area (Å²) in [5.74, 6) is 0.462. The van der Waals surface area contributed by atoms with Crippen molar-refractivity contribution in [2.75, 3.05) is 7.11 Å². The molecule has 5 heteroatoms. The number of halogens is 1. The van der Waals surface area contributed by atoms with Crippen LogP contribution in [-0.4, -0.2) is 18.2 Å². The molecule has 0 aliphatic carbocycles. The van der Waals surface area contributed by atoms with Gasteiger partial charge in [-0.05, 0) is 18.6 Å². The van der Waals surface area contributed by atoms with Crippen LogP contribution in [0.25, 0.3) is 11.3 Å². The van der Waals surface area contributed by atoms with Crippen LogP contribution in [0.3, 0.4) is 0 Å². The van der Waals surface area contributed by atoms with E-state index in [0.717, 1.165) is 15.6 Å². The monoisotopic (exact) mass is 309 g/mol. The van der Waals surface area contributed by atoms with Crippen LogP contribution in [-0.2, 0) is 16.0 Å². The van der Waals surface area contributed by atoms with Gasteiger partial charge >= 0.3 is 5.97 Å². The fourth-order valence-corrected chi connectivity index (χ4v) is 1.88. The normalized spacial score (nSPS) is 10.3. The van der Waals surface area contributed by atoms with Crippen molar-refractivity contribution < 1.29 is 14.1 Å². The predicted octanol–water partition coefficient (Wildman–Crippen LogP) is 3.21. The lowest BCUT2D eigenvalue weighted by molar-refractivity contribution is -0.140. The van der Waals surface area contributed by atoms with E-state index in [-0.39, 0.29) is 5.97 Å². The molecule has 2 rings (SSSR count). The highest BCUT2D eigenvalue weighted by molar-refractivity contribution is 9.10. The molecule has 0 atom stereocenters. The summed E-state index contributed by atoms with van der Waals surface area (Å²) in [6.45, 7) is 0. The number of carbonyl (C=O) groups excluding carboxylic acids is 1. The third-order valence-electron chi connectivity index (χ3n) is 2.58. The highest BCUT2D eigenvalue weighted by Crippen LogP contribution is 2.26. The summed E-state index contributed by atoms with van der Waals surface area (Å²) < 4.78 is 10.9. The largest absolute Gasteiger partial charge is 0.469 e. The molecule has 4 nitrogen and oxygen atoms in total. The fraction of sp³-hybridized carbons (Fsp3) is 0.231. The molecule has 0 N–H and O–H groups in total. The number of methoxy groups -OCH3 is 1. The van der Waals surface area contributed by atoms with E-state index in [9.17, 15) is 4.79 Å². The van der Waals surface area contributed by atoms with Gasteiger partial charge in [0.15, 0.2) is 5.76 Å². The lowest BCUT2D eigenvalue weighted by atomic mass is 10.1. The van der Waals surface area contributed by atoms with Gasteiger partial charge in [0.1, 0.15) is 0 Å². The third-order valence-corrected chi connectivity index (χ3v) is 3.11. The molecule has 1 aromatic heterocycles. The van der Waals surface area contributed by atoms with E-state index < -0.39 is 0 Å². The Morgan fingerprint density at radius 1 is 1.39 bits per heavy atom. The van der Waals surface area contributed by atoms with Gasteiger partial charge in [0.05, 0.1) is 13.3 Å². The number of hydrogen-bond donors (Lipinski definition) is 0. The average Bonchev–Trinajstić information content (AvgIpc) is 2.85. The van der Waals surface area contributed by atoms with Gasteiger partial charge in [0.25, 0.3) is 0 Å².